The van der Waals surface area contributed by atoms with Gasteiger partial charge in [-0.05, 0) is 32.5 Å². The topological polar surface area (TPSA) is 24.3 Å². The van der Waals surface area contributed by atoms with Gasteiger partial charge in [0.05, 0.1) is 12.0 Å². The molecule has 136 valence electrons. The van der Waals surface area contributed by atoms with E-state index in [-0.39, 0.29) is 0 Å². The second kappa shape index (κ2) is 7.71. The number of likely N-dealkylation sites (tertiary alicyclic amines) is 1. The minimum atomic E-state index is 0.559. The molecule has 25 heavy (non-hydrogen) atoms. The summed E-state index contributed by atoms with van der Waals surface area (Å²) in [4.78, 5) is 9.36. The van der Waals surface area contributed by atoms with Crippen molar-refractivity contribution >= 4 is 0 Å². The lowest BCUT2D eigenvalue weighted by molar-refractivity contribution is 0.256. The molecule has 0 radical (unpaired) electrons. The maximum atomic E-state index is 4.38. The number of likely N-dealkylation sites (N-methyl/N-ethyl adjacent to an activating group) is 1. The van der Waals surface area contributed by atoms with Crippen LogP contribution in [0.5, 0.6) is 0 Å². The van der Waals surface area contributed by atoms with Crippen LogP contribution in [-0.4, -0.2) is 52.6 Å². The van der Waals surface area contributed by atoms with E-state index >= 15 is 0 Å². The first kappa shape index (κ1) is 18.2. The van der Waals surface area contributed by atoms with E-state index in [4.69, 9.17) is 0 Å². The van der Waals surface area contributed by atoms with Crippen LogP contribution in [0.4, 0.5) is 0 Å². The van der Waals surface area contributed by atoms with Crippen LogP contribution in [0.25, 0.3) is 0 Å². The Kier molecular flexibility index (Phi) is 5.60. The van der Waals surface area contributed by atoms with Gasteiger partial charge in [0.1, 0.15) is 0 Å². The fourth-order valence-corrected chi connectivity index (χ4v) is 3.93. The van der Waals surface area contributed by atoms with Gasteiger partial charge in [-0.25, -0.2) is 4.98 Å². The molecule has 4 heteroatoms. The van der Waals surface area contributed by atoms with E-state index in [1.54, 1.807) is 0 Å². The number of nitrogens with zero attached hydrogens (tertiary/aromatic N) is 4. The normalized spacial score (nSPS) is 21.6. The third kappa shape index (κ3) is 4.31. The molecule has 0 unspecified atom stereocenters. The van der Waals surface area contributed by atoms with E-state index in [2.05, 4.69) is 78.5 Å². The molecule has 0 saturated carbocycles. The van der Waals surface area contributed by atoms with Gasteiger partial charge in [-0.1, -0.05) is 43.7 Å². The molecule has 0 amide bonds. The van der Waals surface area contributed by atoms with Crippen molar-refractivity contribution in [2.24, 2.45) is 5.92 Å². The predicted molar refractivity (Wildman–Crippen MR) is 104 cm³/mol. The number of hydrogen-bond donors (Lipinski definition) is 0. The van der Waals surface area contributed by atoms with Gasteiger partial charge in [0.25, 0.3) is 0 Å². The van der Waals surface area contributed by atoms with E-state index in [0.29, 0.717) is 17.9 Å². The molecule has 1 aliphatic heterocycles. The van der Waals surface area contributed by atoms with Crippen LogP contribution in [0.2, 0.25) is 0 Å². The molecule has 2 heterocycles. The van der Waals surface area contributed by atoms with Gasteiger partial charge in [-0.3, -0.25) is 4.90 Å². The van der Waals surface area contributed by atoms with Gasteiger partial charge in [0.15, 0.2) is 0 Å². The van der Waals surface area contributed by atoms with Crippen LogP contribution in [0, 0.1) is 12.8 Å². The van der Waals surface area contributed by atoms with Crippen LogP contribution >= 0.6 is 0 Å². The SMILES string of the molecule is Cc1ccc([C@@H]2CN(Cc3cncn3CC(C)C)C[C@H]2N(C)C)cc1. The molecule has 1 fully saturated rings. The third-order valence-electron chi connectivity index (χ3n) is 5.28. The molecule has 1 saturated heterocycles. The van der Waals surface area contributed by atoms with Crippen molar-refractivity contribution in [1.82, 2.24) is 19.4 Å². The van der Waals surface area contributed by atoms with Crippen molar-refractivity contribution in [3.8, 4) is 0 Å². The van der Waals surface area contributed by atoms with Crippen molar-refractivity contribution in [2.75, 3.05) is 27.2 Å². The van der Waals surface area contributed by atoms with Crippen LogP contribution in [-0.2, 0) is 13.1 Å². The molecular weight excluding hydrogens is 308 g/mol. The number of rotatable bonds is 6. The number of benzene rings is 1. The Morgan fingerprint density at radius 3 is 2.52 bits per heavy atom. The van der Waals surface area contributed by atoms with E-state index < -0.39 is 0 Å². The molecule has 1 aromatic heterocycles. The molecular formula is C21H32N4. The van der Waals surface area contributed by atoms with E-state index in [1.807, 2.05) is 12.5 Å². The number of hydrogen-bond acceptors (Lipinski definition) is 3. The maximum Gasteiger partial charge on any atom is 0.0948 e. The Hall–Kier alpha value is -1.65. The van der Waals surface area contributed by atoms with E-state index in [0.717, 1.165) is 26.2 Å². The minimum absolute atomic E-state index is 0.559. The van der Waals surface area contributed by atoms with Crippen molar-refractivity contribution in [3.05, 3.63) is 53.6 Å². The summed E-state index contributed by atoms with van der Waals surface area (Å²) in [7, 11) is 4.41. The van der Waals surface area contributed by atoms with Crippen molar-refractivity contribution < 1.29 is 0 Å². The second-order valence-corrected chi connectivity index (χ2v) is 8.17. The largest absolute Gasteiger partial charge is 0.333 e. The number of imidazole rings is 1. The zero-order valence-electron chi connectivity index (χ0n) is 16.3. The molecule has 1 aliphatic rings. The highest BCUT2D eigenvalue weighted by Crippen LogP contribution is 2.31. The van der Waals surface area contributed by atoms with Gasteiger partial charge in [0.2, 0.25) is 0 Å². The summed E-state index contributed by atoms with van der Waals surface area (Å²) in [6.07, 6.45) is 4.01. The Balaban J connectivity index is 1.74. The highest BCUT2D eigenvalue weighted by atomic mass is 15.3. The summed E-state index contributed by atoms with van der Waals surface area (Å²) in [5.74, 6) is 1.21. The molecule has 0 N–H and O–H groups in total. The summed E-state index contributed by atoms with van der Waals surface area (Å²) < 4.78 is 2.31. The van der Waals surface area contributed by atoms with Gasteiger partial charge in [-0.15, -0.1) is 0 Å². The molecule has 0 spiro atoms. The first-order valence-electron chi connectivity index (χ1n) is 9.38. The Labute approximate surface area is 152 Å². The molecule has 2 aromatic rings. The predicted octanol–water partition coefficient (Wildman–Crippen LogP) is 3.38. The fourth-order valence-electron chi connectivity index (χ4n) is 3.93. The third-order valence-corrected chi connectivity index (χ3v) is 5.28. The first-order valence-corrected chi connectivity index (χ1v) is 9.38. The molecule has 1 aromatic carbocycles. The smallest absolute Gasteiger partial charge is 0.0948 e. The van der Waals surface area contributed by atoms with Crippen LogP contribution in [0.1, 0.15) is 36.6 Å². The quantitative estimate of drug-likeness (QED) is 0.806. The summed E-state index contributed by atoms with van der Waals surface area (Å²) in [5, 5.41) is 0. The van der Waals surface area contributed by atoms with Gasteiger partial charge in [0, 0.05) is 44.3 Å². The van der Waals surface area contributed by atoms with Crippen LogP contribution < -0.4 is 0 Å². The lowest BCUT2D eigenvalue weighted by Gasteiger charge is -2.25. The number of aryl methyl sites for hydroxylation is 1. The summed E-state index contributed by atoms with van der Waals surface area (Å²) in [6, 6.07) is 9.65. The molecule has 3 rings (SSSR count). The Morgan fingerprint density at radius 1 is 1.16 bits per heavy atom. The van der Waals surface area contributed by atoms with E-state index in [1.165, 1.54) is 16.8 Å². The second-order valence-electron chi connectivity index (χ2n) is 8.17. The molecule has 0 aliphatic carbocycles. The Bertz CT molecular complexity index is 671. The first-order chi connectivity index (χ1) is 11.9. The lowest BCUT2D eigenvalue weighted by Crippen LogP contribution is -2.34. The van der Waals surface area contributed by atoms with Gasteiger partial charge < -0.3 is 9.47 Å². The summed E-state index contributed by atoms with van der Waals surface area (Å²) in [5.41, 5.74) is 4.12. The van der Waals surface area contributed by atoms with Gasteiger partial charge in [-0.2, -0.15) is 0 Å². The monoisotopic (exact) mass is 340 g/mol. The fraction of sp³-hybridized carbons (Fsp3) is 0.571. The van der Waals surface area contributed by atoms with Crippen molar-refractivity contribution in [3.63, 3.8) is 0 Å². The van der Waals surface area contributed by atoms with E-state index in [9.17, 15) is 0 Å². The van der Waals surface area contributed by atoms with Crippen molar-refractivity contribution in [1.29, 1.82) is 0 Å². The Morgan fingerprint density at radius 2 is 1.88 bits per heavy atom. The molecule has 2 atom stereocenters. The summed E-state index contributed by atoms with van der Waals surface area (Å²) in [6.45, 7) is 10.9. The zero-order valence-corrected chi connectivity index (χ0v) is 16.3. The average molecular weight is 341 g/mol. The van der Waals surface area contributed by atoms with Crippen LogP contribution in [0.3, 0.4) is 0 Å². The lowest BCUT2D eigenvalue weighted by atomic mass is 9.93. The van der Waals surface area contributed by atoms with Gasteiger partial charge >= 0.3 is 0 Å². The zero-order chi connectivity index (χ0) is 18.0. The molecule has 4 nitrogen and oxygen atoms in total. The standard InChI is InChI=1S/C21H32N4/c1-16(2)11-25-15-22-10-19(25)12-24-13-20(21(14-24)23(4)5)18-8-6-17(3)7-9-18/h6-10,15-16,20-21H,11-14H2,1-5H3/t20-,21+/m0/s1. The highest BCUT2D eigenvalue weighted by molar-refractivity contribution is 5.27. The highest BCUT2D eigenvalue weighted by Gasteiger charge is 2.35. The average Bonchev–Trinajstić information content (AvgIpc) is 3.15. The molecule has 0 bridgehead atoms. The maximum absolute atomic E-state index is 4.38. The van der Waals surface area contributed by atoms with Crippen molar-refractivity contribution in [2.45, 2.75) is 45.8 Å². The van der Waals surface area contributed by atoms with Crippen LogP contribution in [0.15, 0.2) is 36.8 Å². The minimum Gasteiger partial charge on any atom is -0.333 e. The summed E-state index contributed by atoms with van der Waals surface area (Å²) >= 11 is 0. The number of aromatic nitrogens is 2.